The van der Waals surface area contributed by atoms with Crippen molar-refractivity contribution >= 4 is 17.8 Å². The summed E-state index contributed by atoms with van der Waals surface area (Å²) in [5.41, 5.74) is 6.03. The van der Waals surface area contributed by atoms with Crippen LogP contribution >= 0.6 is 12.0 Å². The van der Waals surface area contributed by atoms with Gasteiger partial charge in [0, 0.05) is 29.8 Å². The van der Waals surface area contributed by atoms with Gasteiger partial charge in [0.1, 0.15) is 5.78 Å². The Kier molecular flexibility index (Phi) is 5.19. The Hall–Kier alpha value is -2.36. The Labute approximate surface area is 158 Å². The number of carbonyl (C=O) groups excluding carboxylic acids is 1. The number of rotatable bonds is 5. The lowest BCUT2D eigenvalue weighted by Crippen LogP contribution is -2.12. The van der Waals surface area contributed by atoms with Crippen LogP contribution in [0.2, 0.25) is 0 Å². The summed E-state index contributed by atoms with van der Waals surface area (Å²) >= 11 is 1.41. The van der Waals surface area contributed by atoms with E-state index in [-0.39, 0.29) is 0 Å². The fraction of sp³-hybridized carbons (Fsp3) is 0.174. The molecule has 0 spiro atoms. The predicted octanol–water partition coefficient (Wildman–Crippen LogP) is 5.64. The summed E-state index contributed by atoms with van der Waals surface area (Å²) in [5, 5.41) is 0. The molecule has 0 N–H and O–H groups in total. The molecule has 0 saturated heterocycles. The Balaban J connectivity index is 1.46. The van der Waals surface area contributed by atoms with E-state index in [0.717, 1.165) is 11.3 Å². The molecule has 1 aliphatic carbocycles. The molecule has 0 aliphatic heterocycles. The lowest BCUT2D eigenvalue weighted by Gasteiger charge is -2.16. The first kappa shape index (κ1) is 17.1. The second-order valence-electron chi connectivity index (χ2n) is 6.56. The van der Waals surface area contributed by atoms with Gasteiger partial charge in [-0.3, -0.25) is 4.79 Å². The van der Waals surface area contributed by atoms with Gasteiger partial charge in [0.05, 0.1) is 6.61 Å². The fourth-order valence-corrected chi connectivity index (χ4v) is 3.89. The minimum atomic E-state index is 0.346. The molecular weight excluding hydrogens is 340 g/mol. The van der Waals surface area contributed by atoms with Crippen molar-refractivity contribution in [3.8, 4) is 11.1 Å². The van der Waals surface area contributed by atoms with Gasteiger partial charge in [-0.1, -0.05) is 60.7 Å². The molecule has 3 aromatic rings. The zero-order valence-corrected chi connectivity index (χ0v) is 15.3. The van der Waals surface area contributed by atoms with Crippen molar-refractivity contribution in [3.63, 3.8) is 0 Å². The van der Waals surface area contributed by atoms with Crippen LogP contribution < -0.4 is 0 Å². The summed E-state index contributed by atoms with van der Waals surface area (Å²) < 4.78 is 5.78. The number of benzene rings is 3. The molecule has 0 aromatic heterocycles. The van der Waals surface area contributed by atoms with Crippen LogP contribution in [-0.4, -0.2) is 5.78 Å². The SMILES string of the molecule is O=C1CCc2cc(-c3cccc(SOCc4ccccc4)c3)ccc2C1. The lowest BCUT2D eigenvalue weighted by atomic mass is 9.88. The molecule has 0 amide bonds. The Bertz CT molecular complexity index is 919. The maximum absolute atomic E-state index is 11.6. The highest BCUT2D eigenvalue weighted by atomic mass is 32.2. The van der Waals surface area contributed by atoms with Crippen LogP contribution in [0.3, 0.4) is 0 Å². The summed E-state index contributed by atoms with van der Waals surface area (Å²) in [4.78, 5) is 12.7. The van der Waals surface area contributed by atoms with E-state index in [4.69, 9.17) is 4.18 Å². The predicted molar refractivity (Wildman–Crippen MR) is 106 cm³/mol. The third kappa shape index (κ3) is 4.06. The highest BCUT2D eigenvalue weighted by Crippen LogP contribution is 2.30. The molecule has 130 valence electrons. The van der Waals surface area contributed by atoms with Crippen molar-refractivity contribution in [2.75, 3.05) is 0 Å². The highest BCUT2D eigenvalue weighted by Gasteiger charge is 2.16. The van der Waals surface area contributed by atoms with Crippen molar-refractivity contribution in [1.82, 2.24) is 0 Å². The summed E-state index contributed by atoms with van der Waals surface area (Å²) in [6, 6.07) is 25.0. The Morgan fingerprint density at radius 2 is 1.65 bits per heavy atom. The van der Waals surface area contributed by atoms with Gasteiger partial charge in [-0.15, -0.1) is 0 Å². The van der Waals surface area contributed by atoms with Crippen LogP contribution in [0.5, 0.6) is 0 Å². The molecule has 0 saturated carbocycles. The van der Waals surface area contributed by atoms with E-state index in [0.29, 0.717) is 25.2 Å². The molecule has 0 radical (unpaired) electrons. The normalized spacial score (nSPS) is 13.5. The van der Waals surface area contributed by atoms with Gasteiger partial charge >= 0.3 is 0 Å². The third-order valence-electron chi connectivity index (χ3n) is 4.66. The number of Topliss-reactive ketones (excluding diaryl/α,β-unsaturated/α-hetero) is 1. The van der Waals surface area contributed by atoms with Gasteiger partial charge < -0.3 is 4.18 Å². The van der Waals surface area contributed by atoms with E-state index >= 15 is 0 Å². The highest BCUT2D eigenvalue weighted by molar-refractivity contribution is 7.94. The van der Waals surface area contributed by atoms with E-state index < -0.39 is 0 Å². The van der Waals surface area contributed by atoms with Gasteiger partial charge in [-0.25, -0.2) is 0 Å². The second-order valence-corrected chi connectivity index (χ2v) is 7.43. The number of hydrogen-bond acceptors (Lipinski definition) is 3. The number of ketones is 1. The van der Waals surface area contributed by atoms with Crippen molar-refractivity contribution in [2.45, 2.75) is 30.8 Å². The molecule has 0 fully saturated rings. The zero-order valence-electron chi connectivity index (χ0n) is 14.5. The van der Waals surface area contributed by atoms with Gasteiger partial charge in [-0.05, 0) is 46.4 Å². The summed E-state index contributed by atoms with van der Waals surface area (Å²) in [5.74, 6) is 0.346. The van der Waals surface area contributed by atoms with Crippen LogP contribution in [0.1, 0.15) is 23.1 Å². The third-order valence-corrected chi connectivity index (χ3v) is 5.34. The first-order valence-electron chi connectivity index (χ1n) is 8.85. The second kappa shape index (κ2) is 7.90. The lowest BCUT2D eigenvalue weighted by molar-refractivity contribution is -0.118. The maximum Gasteiger partial charge on any atom is 0.137 e. The van der Waals surface area contributed by atoms with Gasteiger partial charge in [-0.2, -0.15) is 0 Å². The van der Waals surface area contributed by atoms with Crippen molar-refractivity contribution in [1.29, 1.82) is 0 Å². The fourth-order valence-electron chi connectivity index (χ4n) is 3.25. The molecule has 4 rings (SSSR count). The van der Waals surface area contributed by atoms with E-state index in [1.165, 1.54) is 39.9 Å². The molecular formula is C23H20O2S. The van der Waals surface area contributed by atoms with Gasteiger partial charge in [0.25, 0.3) is 0 Å². The summed E-state index contributed by atoms with van der Waals surface area (Å²) in [7, 11) is 0. The summed E-state index contributed by atoms with van der Waals surface area (Å²) in [6.07, 6.45) is 2.11. The van der Waals surface area contributed by atoms with Crippen molar-refractivity contribution in [3.05, 3.63) is 89.5 Å². The molecule has 0 heterocycles. The van der Waals surface area contributed by atoms with Gasteiger partial charge in [0.2, 0.25) is 0 Å². The first-order chi connectivity index (χ1) is 12.8. The monoisotopic (exact) mass is 360 g/mol. The van der Waals surface area contributed by atoms with E-state index in [1.54, 1.807) is 0 Å². The Morgan fingerprint density at radius 1 is 0.808 bits per heavy atom. The minimum absolute atomic E-state index is 0.346. The largest absolute Gasteiger partial charge is 0.305 e. The molecule has 26 heavy (non-hydrogen) atoms. The standard InChI is InChI=1S/C23H20O2S/c24-22-12-11-20-13-19(9-10-21(20)14-22)18-7-4-8-23(15-18)26-25-16-17-5-2-1-3-6-17/h1-10,13,15H,11-12,14,16H2. The Morgan fingerprint density at radius 3 is 2.54 bits per heavy atom. The number of fused-ring (bicyclic) bond motifs is 1. The topological polar surface area (TPSA) is 26.3 Å². The molecule has 2 nitrogen and oxygen atoms in total. The number of hydrogen-bond donors (Lipinski definition) is 0. The minimum Gasteiger partial charge on any atom is -0.305 e. The quantitative estimate of drug-likeness (QED) is 0.551. The van der Waals surface area contributed by atoms with Crippen molar-refractivity contribution in [2.24, 2.45) is 0 Å². The molecule has 0 atom stereocenters. The van der Waals surface area contributed by atoms with Crippen molar-refractivity contribution < 1.29 is 8.98 Å². The van der Waals surface area contributed by atoms with E-state index in [2.05, 4.69) is 54.6 Å². The molecule has 0 unspecified atom stereocenters. The molecule has 3 heteroatoms. The number of aryl methyl sites for hydroxylation is 1. The summed E-state index contributed by atoms with van der Waals surface area (Å²) in [6.45, 7) is 0.586. The number of carbonyl (C=O) groups is 1. The average molecular weight is 360 g/mol. The van der Waals surface area contributed by atoms with E-state index in [1.807, 2.05) is 18.2 Å². The average Bonchev–Trinajstić information content (AvgIpc) is 2.69. The van der Waals surface area contributed by atoms with Crippen LogP contribution in [0.25, 0.3) is 11.1 Å². The van der Waals surface area contributed by atoms with Crippen LogP contribution in [0.4, 0.5) is 0 Å². The molecule has 1 aliphatic rings. The molecule has 0 bridgehead atoms. The van der Waals surface area contributed by atoms with Crippen LogP contribution in [0.15, 0.2) is 77.7 Å². The first-order valence-corrected chi connectivity index (χ1v) is 9.59. The zero-order chi connectivity index (χ0) is 17.8. The van der Waals surface area contributed by atoms with Gasteiger partial charge in [0.15, 0.2) is 0 Å². The van der Waals surface area contributed by atoms with E-state index in [9.17, 15) is 4.79 Å². The van der Waals surface area contributed by atoms with Crippen LogP contribution in [0, 0.1) is 0 Å². The molecule has 3 aromatic carbocycles. The van der Waals surface area contributed by atoms with Crippen LogP contribution in [-0.2, 0) is 28.4 Å². The maximum atomic E-state index is 11.6. The smallest absolute Gasteiger partial charge is 0.137 e.